The third kappa shape index (κ3) is 32.9. The zero-order valence-electron chi connectivity index (χ0n) is 16.9. The van der Waals surface area contributed by atoms with Crippen LogP contribution in [0.15, 0.2) is 12.2 Å². The molecule has 0 aliphatic carbocycles. The number of carboxylic acids is 1. The Hall–Kier alpha value is -0.830. The molecule has 0 aliphatic rings. The van der Waals surface area contributed by atoms with Gasteiger partial charge >= 0.3 is 5.97 Å². The Balaban J connectivity index is 0. The average Bonchev–Trinajstić information content (AvgIpc) is 2.50. The summed E-state index contributed by atoms with van der Waals surface area (Å²) in [6.07, 6.45) is 21.2. The molecule has 0 unspecified atom stereocenters. The van der Waals surface area contributed by atoms with Gasteiger partial charge in [-0.2, -0.15) is 0 Å². The number of carbonyl (C=O) groups is 1. The molecule has 144 valence electrons. The van der Waals surface area contributed by atoms with Gasteiger partial charge in [0.1, 0.15) is 0 Å². The molecule has 0 fully saturated rings. The van der Waals surface area contributed by atoms with E-state index in [9.17, 15) is 4.79 Å². The Morgan fingerprint density at radius 2 is 1.12 bits per heavy atom. The molecular weight excluding hydrogens is 298 g/mol. The number of allylic oxidation sites excluding steroid dienone is 2. The molecule has 0 aliphatic heterocycles. The smallest absolute Gasteiger partial charge is 0.303 e. The van der Waals surface area contributed by atoms with Gasteiger partial charge in [-0.3, -0.25) is 4.79 Å². The minimum atomic E-state index is -0.664. The first kappa shape index (κ1) is 25.4. The number of aliphatic carboxylic acids is 1. The molecule has 0 aromatic rings. The molecule has 0 bridgehead atoms. The second kappa shape index (κ2) is 22.2. The van der Waals surface area contributed by atoms with Gasteiger partial charge in [0.25, 0.3) is 0 Å². The lowest BCUT2D eigenvalue weighted by atomic mass is 10.1. The fourth-order valence-electron chi connectivity index (χ4n) is 2.35. The molecule has 0 atom stereocenters. The first-order chi connectivity index (χ1) is 11.5. The molecule has 3 heteroatoms. The molecule has 0 radical (unpaired) electrons. The highest BCUT2D eigenvalue weighted by atomic mass is 16.4. The van der Waals surface area contributed by atoms with Crippen molar-refractivity contribution in [2.24, 2.45) is 0 Å². The summed E-state index contributed by atoms with van der Waals surface area (Å²) in [5.74, 6) is -0.664. The topological polar surface area (TPSA) is 40.5 Å². The van der Waals surface area contributed by atoms with E-state index in [1.165, 1.54) is 70.6 Å². The summed E-state index contributed by atoms with van der Waals surface area (Å²) in [5, 5.41) is 8.51. The first-order valence-corrected chi connectivity index (χ1v) is 9.98. The Labute approximate surface area is 151 Å². The number of hydrogen-bond donors (Lipinski definition) is 1. The lowest BCUT2D eigenvalue weighted by molar-refractivity contribution is -0.137. The van der Waals surface area contributed by atoms with E-state index in [0.717, 1.165) is 12.8 Å². The van der Waals surface area contributed by atoms with Crippen LogP contribution in [0.1, 0.15) is 96.8 Å². The molecule has 24 heavy (non-hydrogen) atoms. The zero-order chi connectivity index (χ0) is 18.5. The highest BCUT2D eigenvalue weighted by Gasteiger charge is 1.95. The van der Waals surface area contributed by atoms with Crippen molar-refractivity contribution in [3.63, 3.8) is 0 Å². The van der Waals surface area contributed by atoms with Crippen LogP contribution in [0.3, 0.4) is 0 Å². The number of rotatable bonds is 15. The molecule has 0 aromatic carbocycles. The van der Waals surface area contributed by atoms with Crippen LogP contribution in [-0.4, -0.2) is 37.1 Å². The van der Waals surface area contributed by atoms with Crippen molar-refractivity contribution in [1.82, 2.24) is 4.90 Å². The largest absolute Gasteiger partial charge is 0.481 e. The lowest BCUT2D eigenvalue weighted by Crippen LogP contribution is -1.99. The SMILES string of the molecule is CCCCCCCCC=CCCCCCCCC(=O)O.CN(C)C. The molecule has 0 spiro atoms. The van der Waals surface area contributed by atoms with Crippen LogP contribution in [0.4, 0.5) is 0 Å². The quantitative estimate of drug-likeness (QED) is 0.281. The van der Waals surface area contributed by atoms with Crippen LogP contribution in [-0.2, 0) is 4.79 Å². The van der Waals surface area contributed by atoms with E-state index in [-0.39, 0.29) is 0 Å². The predicted octanol–water partition coefficient (Wildman–Crippen LogP) is 6.29. The van der Waals surface area contributed by atoms with Crippen LogP contribution >= 0.6 is 0 Å². The maximum absolute atomic E-state index is 10.3. The first-order valence-electron chi connectivity index (χ1n) is 9.98. The standard InChI is InChI=1S/C18H34O2.C3H9N/c1-2-3-4-5-6-7-8-9-10-11-12-13-14-15-16-17-18(19)20;1-4(2)3/h9-10H,2-8,11-17H2,1H3,(H,19,20);1-3H3. The molecule has 0 aromatic heterocycles. The van der Waals surface area contributed by atoms with Gasteiger partial charge in [-0.1, -0.05) is 70.4 Å². The summed E-state index contributed by atoms with van der Waals surface area (Å²) in [4.78, 5) is 12.3. The average molecular weight is 342 g/mol. The molecule has 0 saturated carbocycles. The number of carboxylic acid groups (broad SMARTS) is 1. The Kier molecular flexibility index (Phi) is 23.5. The molecule has 3 nitrogen and oxygen atoms in total. The summed E-state index contributed by atoms with van der Waals surface area (Å²) in [5.41, 5.74) is 0. The fraction of sp³-hybridized carbons (Fsp3) is 0.857. The van der Waals surface area contributed by atoms with E-state index >= 15 is 0 Å². The monoisotopic (exact) mass is 341 g/mol. The molecule has 0 rings (SSSR count). The van der Waals surface area contributed by atoms with E-state index in [4.69, 9.17) is 5.11 Å². The molecule has 1 N–H and O–H groups in total. The third-order valence-corrected chi connectivity index (χ3v) is 3.65. The maximum Gasteiger partial charge on any atom is 0.303 e. The van der Waals surface area contributed by atoms with Gasteiger partial charge in [-0.25, -0.2) is 0 Å². The van der Waals surface area contributed by atoms with E-state index in [2.05, 4.69) is 19.1 Å². The van der Waals surface area contributed by atoms with E-state index in [1.54, 1.807) is 0 Å². The lowest BCUT2D eigenvalue weighted by Gasteiger charge is -1.99. The second-order valence-electron chi connectivity index (χ2n) is 7.07. The van der Waals surface area contributed by atoms with E-state index in [1.807, 2.05) is 26.0 Å². The van der Waals surface area contributed by atoms with Crippen LogP contribution in [0.5, 0.6) is 0 Å². The second-order valence-corrected chi connectivity index (χ2v) is 7.07. The van der Waals surface area contributed by atoms with Crippen molar-refractivity contribution in [3.05, 3.63) is 12.2 Å². The number of hydrogen-bond acceptors (Lipinski definition) is 2. The van der Waals surface area contributed by atoms with Gasteiger partial charge in [-0.15, -0.1) is 0 Å². The van der Waals surface area contributed by atoms with Crippen LogP contribution < -0.4 is 0 Å². The van der Waals surface area contributed by atoms with E-state index in [0.29, 0.717) is 6.42 Å². The minimum absolute atomic E-state index is 0.332. The van der Waals surface area contributed by atoms with Crippen molar-refractivity contribution in [3.8, 4) is 0 Å². The van der Waals surface area contributed by atoms with Gasteiger partial charge in [-0.05, 0) is 53.2 Å². The van der Waals surface area contributed by atoms with Gasteiger partial charge in [0.15, 0.2) is 0 Å². The summed E-state index contributed by atoms with van der Waals surface area (Å²) < 4.78 is 0. The molecule has 0 saturated heterocycles. The summed E-state index contributed by atoms with van der Waals surface area (Å²) in [6, 6.07) is 0. The maximum atomic E-state index is 10.3. The normalized spacial score (nSPS) is 10.9. The number of nitrogens with zero attached hydrogens (tertiary/aromatic N) is 1. The Bertz CT molecular complexity index is 272. The van der Waals surface area contributed by atoms with Gasteiger partial charge in [0.2, 0.25) is 0 Å². The molecular formula is C21H43NO2. The zero-order valence-corrected chi connectivity index (χ0v) is 16.9. The van der Waals surface area contributed by atoms with Crippen molar-refractivity contribution in [2.45, 2.75) is 96.8 Å². The summed E-state index contributed by atoms with van der Waals surface area (Å²) in [6.45, 7) is 2.26. The molecule has 0 heterocycles. The minimum Gasteiger partial charge on any atom is -0.481 e. The summed E-state index contributed by atoms with van der Waals surface area (Å²) in [7, 11) is 6.00. The van der Waals surface area contributed by atoms with Crippen LogP contribution in [0.2, 0.25) is 0 Å². The Morgan fingerprint density at radius 3 is 1.54 bits per heavy atom. The van der Waals surface area contributed by atoms with Crippen molar-refractivity contribution in [2.75, 3.05) is 21.1 Å². The predicted molar refractivity (Wildman–Crippen MR) is 107 cm³/mol. The van der Waals surface area contributed by atoms with Crippen molar-refractivity contribution < 1.29 is 9.90 Å². The highest BCUT2D eigenvalue weighted by molar-refractivity contribution is 5.66. The summed E-state index contributed by atoms with van der Waals surface area (Å²) >= 11 is 0. The van der Waals surface area contributed by atoms with Crippen LogP contribution in [0.25, 0.3) is 0 Å². The highest BCUT2D eigenvalue weighted by Crippen LogP contribution is 2.09. The Morgan fingerprint density at radius 1 is 0.750 bits per heavy atom. The fourth-order valence-corrected chi connectivity index (χ4v) is 2.35. The van der Waals surface area contributed by atoms with Gasteiger partial charge in [0, 0.05) is 6.42 Å². The van der Waals surface area contributed by atoms with Crippen LogP contribution in [0, 0.1) is 0 Å². The third-order valence-electron chi connectivity index (χ3n) is 3.65. The van der Waals surface area contributed by atoms with Gasteiger partial charge < -0.3 is 10.0 Å². The van der Waals surface area contributed by atoms with E-state index < -0.39 is 5.97 Å². The van der Waals surface area contributed by atoms with Crippen molar-refractivity contribution >= 4 is 5.97 Å². The van der Waals surface area contributed by atoms with Crippen molar-refractivity contribution in [1.29, 1.82) is 0 Å². The number of unbranched alkanes of at least 4 members (excludes halogenated alkanes) is 11. The molecule has 0 amide bonds. The van der Waals surface area contributed by atoms with Gasteiger partial charge in [0.05, 0.1) is 0 Å².